The van der Waals surface area contributed by atoms with Gasteiger partial charge in [0, 0.05) is 13.1 Å². The Balaban J connectivity index is 1.48. The van der Waals surface area contributed by atoms with Crippen LogP contribution in [-0.2, 0) is 17.6 Å². The number of fused-ring (bicyclic) bond motifs is 1. The van der Waals surface area contributed by atoms with E-state index < -0.39 is 0 Å². The van der Waals surface area contributed by atoms with Crippen molar-refractivity contribution >= 4 is 5.91 Å². The van der Waals surface area contributed by atoms with Crippen LogP contribution in [0.1, 0.15) is 30.4 Å². The fourth-order valence-electron chi connectivity index (χ4n) is 4.50. The van der Waals surface area contributed by atoms with Crippen LogP contribution >= 0.6 is 0 Å². The first kappa shape index (κ1) is 13.8. The number of likely N-dealkylation sites (tertiary alicyclic amines) is 1. The quantitative estimate of drug-likeness (QED) is 0.857. The molecular formula is C18H21N3O. The summed E-state index contributed by atoms with van der Waals surface area (Å²) in [5, 5.41) is 12.6. The fourth-order valence-corrected chi connectivity index (χ4v) is 4.50. The lowest BCUT2D eigenvalue weighted by atomic mass is 9.82. The molecule has 22 heavy (non-hydrogen) atoms. The van der Waals surface area contributed by atoms with Gasteiger partial charge >= 0.3 is 0 Å². The minimum Gasteiger partial charge on any atom is -0.325 e. The molecule has 114 valence electrons. The molecule has 2 fully saturated rings. The average molecular weight is 295 g/mol. The maximum absolute atomic E-state index is 12.7. The molecule has 0 saturated carbocycles. The van der Waals surface area contributed by atoms with Gasteiger partial charge in [-0.15, -0.1) is 0 Å². The maximum Gasteiger partial charge on any atom is 0.240 e. The predicted octanol–water partition coefficient (Wildman–Crippen LogP) is 1.65. The van der Waals surface area contributed by atoms with Gasteiger partial charge in [0.1, 0.15) is 6.04 Å². The van der Waals surface area contributed by atoms with Crippen molar-refractivity contribution in [2.75, 3.05) is 13.1 Å². The number of hydrogen-bond acceptors (Lipinski definition) is 3. The number of hydrogen-bond donors (Lipinski definition) is 1. The minimum atomic E-state index is -0.216. The van der Waals surface area contributed by atoms with E-state index in [0.717, 1.165) is 45.2 Å². The van der Waals surface area contributed by atoms with E-state index in [1.54, 1.807) is 4.90 Å². The van der Waals surface area contributed by atoms with Crippen molar-refractivity contribution in [2.24, 2.45) is 5.41 Å². The fraction of sp³-hybridized carbons (Fsp3) is 0.556. The first-order valence-corrected chi connectivity index (χ1v) is 8.21. The summed E-state index contributed by atoms with van der Waals surface area (Å²) in [6, 6.07) is 10.6. The molecule has 1 N–H and O–H groups in total. The lowest BCUT2D eigenvalue weighted by molar-refractivity contribution is -0.133. The second-order valence-electron chi connectivity index (χ2n) is 7.08. The highest BCUT2D eigenvalue weighted by Crippen LogP contribution is 2.43. The zero-order valence-electron chi connectivity index (χ0n) is 12.7. The highest BCUT2D eigenvalue weighted by molar-refractivity contribution is 5.83. The Labute approximate surface area is 131 Å². The predicted molar refractivity (Wildman–Crippen MR) is 83.0 cm³/mol. The summed E-state index contributed by atoms with van der Waals surface area (Å²) < 4.78 is 0. The number of carbonyl (C=O) groups excluding carboxylic acids is 1. The highest BCUT2D eigenvalue weighted by Gasteiger charge is 2.47. The van der Waals surface area contributed by atoms with Crippen molar-refractivity contribution in [3.8, 4) is 6.07 Å². The molecule has 2 aliphatic heterocycles. The van der Waals surface area contributed by atoms with E-state index >= 15 is 0 Å². The molecule has 1 unspecified atom stereocenters. The number of nitriles is 1. The van der Waals surface area contributed by atoms with Gasteiger partial charge in [0.15, 0.2) is 0 Å². The molecule has 4 nitrogen and oxygen atoms in total. The molecule has 2 atom stereocenters. The first-order chi connectivity index (χ1) is 10.7. The van der Waals surface area contributed by atoms with Gasteiger partial charge in [0.25, 0.3) is 0 Å². The second-order valence-corrected chi connectivity index (χ2v) is 7.08. The average Bonchev–Trinajstić information content (AvgIpc) is 3.24. The molecular weight excluding hydrogens is 274 g/mol. The molecule has 2 saturated heterocycles. The Morgan fingerprint density at radius 2 is 2.05 bits per heavy atom. The number of amides is 1. The third-order valence-electron chi connectivity index (χ3n) is 5.59. The van der Waals surface area contributed by atoms with E-state index in [1.807, 2.05) is 0 Å². The molecule has 1 aromatic rings. The Morgan fingerprint density at radius 1 is 1.32 bits per heavy atom. The van der Waals surface area contributed by atoms with Crippen molar-refractivity contribution in [2.45, 2.75) is 44.2 Å². The van der Waals surface area contributed by atoms with Gasteiger partial charge in [-0.25, -0.2) is 0 Å². The molecule has 1 aliphatic carbocycles. The van der Waals surface area contributed by atoms with Crippen molar-refractivity contribution in [1.29, 1.82) is 5.26 Å². The number of nitrogens with one attached hydrogen (secondary N) is 1. The van der Waals surface area contributed by atoms with Crippen LogP contribution in [0, 0.1) is 16.7 Å². The molecule has 2 heterocycles. The molecule has 0 aromatic heterocycles. The first-order valence-electron chi connectivity index (χ1n) is 8.21. The third-order valence-corrected chi connectivity index (χ3v) is 5.59. The Kier molecular flexibility index (Phi) is 3.19. The monoisotopic (exact) mass is 295 g/mol. The van der Waals surface area contributed by atoms with Crippen LogP contribution in [0.4, 0.5) is 0 Å². The normalized spacial score (nSPS) is 28.8. The van der Waals surface area contributed by atoms with E-state index in [9.17, 15) is 10.1 Å². The van der Waals surface area contributed by atoms with Crippen LogP contribution in [-0.4, -0.2) is 36.0 Å². The van der Waals surface area contributed by atoms with Crippen LogP contribution in [0.2, 0.25) is 0 Å². The lowest BCUT2D eigenvalue weighted by Crippen LogP contribution is -2.45. The van der Waals surface area contributed by atoms with Crippen LogP contribution in [0.3, 0.4) is 0 Å². The van der Waals surface area contributed by atoms with Gasteiger partial charge < -0.3 is 10.2 Å². The van der Waals surface area contributed by atoms with Gasteiger partial charge in [-0.05, 0) is 48.6 Å². The van der Waals surface area contributed by atoms with Crippen LogP contribution in [0.25, 0.3) is 0 Å². The summed E-state index contributed by atoms with van der Waals surface area (Å²) in [5.41, 5.74) is 3.08. The van der Waals surface area contributed by atoms with Crippen LogP contribution in [0.5, 0.6) is 0 Å². The van der Waals surface area contributed by atoms with Gasteiger partial charge in [-0.3, -0.25) is 4.79 Å². The van der Waals surface area contributed by atoms with E-state index in [1.165, 1.54) is 11.1 Å². The summed E-state index contributed by atoms with van der Waals surface area (Å²) in [4.78, 5) is 14.5. The van der Waals surface area contributed by atoms with Crippen LogP contribution < -0.4 is 5.32 Å². The summed E-state index contributed by atoms with van der Waals surface area (Å²) >= 11 is 0. The molecule has 3 aliphatic rings. The third kappa shape index (κ3) is 2.12. The van der Waals surface area contributed by atoms with Crippen molar-refractivity contribution in [3.63, 3.8) is 0 Å². The molecule has 0 radical (unpaired) electrons. The van der Waals surface area contributed by atoms with Gasteiger partial charge in [-0.2, -0.15) is 5.26 Å². The minimum absolute atomic E-state index is 0.108. The van der Waals surface area contributed by atoms with E-state index in [-0.39, 0.29) is 23.4 Å². The lowest BCUT2D eigenvalue weighted by Gasteiger charge is -2.25. The molecule has 1 aromatic carbocycles. The van der Waals surface area contributed by atoms with Crippen molar-refractivity contribution in [1.82, 2.24) is 10.2 Å². The summed E-state index contributed by atoms with van der Waals surface area (Å²) in [5.74, 6) is 0.136. The number of carbonyl (C=O) groups is 1. The van der Waals surface area contributed by atoms with Crippen LogP contribution in [0.15, 0.2) is 24.3 Å². The molecule has 4 heteroatoms. The zero-order valence-corrected chi connectivity index (χ0v) is 12.7. The topological polar surface area (TPSA) is 56.1 Å². The van der Waals surface area contributed by atoms with Gasteiger partial charge in [-0.1, -0.05) is 24.3 Å². The summed E-state index contributed by atoms with van der Waals surface area (Å²) in [7, 11) is 0. The largest absolute Gasteiger partial charge is 0.325 e. The standard InChI is InChI=1S/C18H21N3O/c19-11-15-6-3-7-21(15)17(22)16-10-18(12-20-16)8-13-4-1-2-5-14(13)9-18/h1-2,4-5,15-16,20H,3,6-10,12H2/t15-,16?/m0/s1. The number of benzene rings is 1. The van der Waals surface area contributed by atoms with E-state index in [4.69, 9.17) is 0 Å². The summed E-state index contributed by atoms with van der Waals surface area (Å²) in [6.07, 6.45) is 4.82. The molecule has 1 spiro atoms. The second kappa shape index (κ2) is 5.10. The van der Waals surface area contributed by atoms with E-state index in [0.29, 0.717) is 0 Å². The van der Waals surface area contributed by atoms with Crippen molar-refractivity contribution < 1.29 is 4.79 Å². The Bertz CT molecular complexity index is 623. The van der Waals surface area contributed by atoms with Gasteiger partial charge in [0.2, 0.25) is 5.91 Å². The van der Waals surface area contributed by atoms with E-state index in [2.05, 4.69) is 35.7 Å². The van der Waals surface area contributed by atoms with Crippen molar-refractivity contribution in [3.05, 3.63) is 35.4 Å². The number of rotatable bonds is 1. The highest BCUT2D eigenvalue weighted by atomic mass is 16.2. The molecule has 0 bridgehead atoms. The SMILES string of the molecule is N#C[C@@H]1CCCN1C(=O)C1CC2(CN1)Cc1ccccc1C2. The number of nitrogens with zero attached hydrogens (tertiary/aromatic N) is 2. The van der Waals surface area contributed by atoms with Gasteiger partial charge in [0.05, 0.1) is 12.1 Å². The molecule has 4 rings (SSSR count). The zero-order chi connectivity index (χ0) is 15.2. The maximum atomic E-state index is 12.7. The Morgan fingerprint density at radius 3 is 2.73 bits per heavy atom. The smallest absolute Gasteiger partial charge is 0.240 e. The summed E-state index contributed by atoms with van der Waals surface area (Å²) in [6.45, 7) is 1.64. The Hall–Kier alpha value is -1.86. The molecule has 1 amide bonds.